The Morgan fingerprint density at radius 1 is 1.13 bits per heavy atom. The second kappa shape index (κ2) is 9.33. The van der Waals surface area contributed by atoms with Crippen molar-refractivity contribution < 1.29 is 23.1 Å². The third-order valence-corrected chi connectivity index (χ3v) is 4.82. The Hall–Kier alpha value is -2.82. The number of nitrogens with zero attached hydrogens (tertiary/aromatic N) is 1. The standard InChI is InChI=1S/C23H27NO5S/c1-17(25)10-9-11-18-14-19(22(26)29-23(2,3)4)16-21(15-18)24(30(5,27)28)20-12-7-6-8-13-20/h6-8,12-17,25H,10H2,1-5H3. The third-order valence-electron chi connectivity index (χ3n) is 3.74. The summed E-state index contributed by atoms with van der Waals surface area (Å²) in [5.74, 6) is 5.15. The molecule has 0 aliphatic carbocycles. The molecule has 2 aromatic carbocycles. The lowest BCUT2D eigenvalue weighted by Crippen LogP contribution is -2.26. The van der Waals surface area contributed by atoms with Gasteiger partial charge >= 0.3 is 5.97 Å². The molecule has 2 rings (SSSR count). The van der Waals surface area contributed by atoms with Crippen LogP contribution in [0.2, 0.25) is 0 Å². The van der Waals surface area contributed by atoms with Crippen molar-refractivity contribution in [3.05, 3.63) is 59.7 Å². The molecule has 1 N–H and O–H groups in total. The van der Waals surface area contributed by atoms with Gasteiger partial charge in [-0.05, 0) is 58.0 Å². The van der Waals surface area contributed by atoms with Crippen molar-refractivity contribution in [3.8, 4) is 11.8 Å². The number of aliphatic hydroxyl groups is 1. The molecule has 0 fully saturated rings. The first kappa shape index (κ1) is 23.5. The van der Waals surface area contributed by atoms with E-state index in [-0.39, 0.29) is 17.7 Å². The zero-order valence-electron chi connectivity index (χ0n) is 17.8. The van der Waals surface area contributed by atoms with Gasteiger partial charge in [0.15, 0.2) is 0 Å². The molecule has 1 atom stereocenters. The molecule has 30 heavy (non-hydrogen) atoms. The van der Waals surface area contributed by atoms with Crippen molar-refractivity contribution in [1.82, 2.24) is 0 Å². The number of aliphatic hydroxyl groups excluding tert-OH is 1. The number of carbonyl (C=O) groups excluding carboxylic acids is 1. The zero-order valence-corrected chi connectivity index (χ0v) is 18.7. The van der Waals surface area contributed by atoms with Gasteiger partial charge in [0.25, 0.3) is 0 Å². The SMILES string of the molecule is CC(O)CC#Cc1cc(C(=O)OC(C)(C)C)cc(N(c2ccccc2)S(C)(=O)=O)c1. The van der Waals surface area contributed by atoms with Gasteiger partial charge in [-0.15, -0.1) is 0 Å². The largest absolute Gasteiger partial charge is 0.456 e. The average molecular weight is 430 g/mol. The Morgan fingerprint density at radius 3 is 2.30 bits per heavy atom. The van der Waals surface area contributed by atoms with Crippen molar-refractivity contribution in [2.75, 3.05) is 10.6 Å². The van der Waals surface area contributed by atoms with Gasteiger partial charge in [0, 0.05) is 12.0 Å². The average Bonchev–Trinajstić information content (AvgIpc) is 2.59. The summed E-state index contributed by atoms with van der Waals surface area (Å²) >= 11 is 0. The highest BCUT2D eigenvalue weighted by molar-refractivity contribution is 7.92. The Balaban J connectivity index is 2.64. The lowest BCUT2D eigenvalue weighted by Gasteiger charge is -2.24. The molecular weight excluding hydrogens is 402 g/mol. The first-order valence-corrected chi connectivity index (χ1v) is 11.3. The van der Waals surface area contributed by atoms with Crippen LogP contribution in [0, 0.1) is 11.8 Å². The summed E-state index contributed by atoms with van der Waals surface area (Å²) in [6.07, 6.45) is 0.752. The predicted octanol–water partition coefficient (Wildman–Crippen LogP) is 3.86. The summed E-state index contributed by atoms with van der Waals surface area (Å²) in [5.41, 5.74) is 0.630. The maximum absolute atomic E-state index is 12.7. The minimum atomic E-state index is -3.71. The summed E-state index contributed by atoms with van der Waals surface area (Å²) in [6.45, 7) is 6.89. The van der Waals surface area contributed by atoms with Crippen LogP contribution in [-0.4, -0.2) is 37.5 Å². The molecule has 0 bridgehead atoms. The summed E-state index contributed by atoms with van der Waals surface area (Å²) in [7, 11) is -3.71. The molecule has 0 saturated heterocycles. The van der Waals surface area contributed by atoms with Crippen LogP contribution in [0.1, 0.15) is 50.0 Å². The van der Waals surface area contributed by atoms with Crippen LogP contribution in [-0.2, 0) is 14.8 Å². The minimum Gasteiger partial charge on any atom is -0.456 e. The normalized spacial score (nSPS) is 12.5. The van der Waals surface area contributed by atoms with Gasteiger partial charge in [-0.3, -0.25) is 0 Å². The second-order valence-electron chi connectivity index (χ2n) is 7.99. The van der Waals surface area contributed by atoms with Crippen molar-refractivity contribution in [3.63, 3.8) is 0 Å². The van der Waals surface area contributed by atoms with Gasteiger partial charge in [0.2, 0.25) is 10.0 Å². The van der Waals surface area contributed by atoms with Crippen molar-refractivity contribution in [1.29, 1.82) is 0 Å². The van der Waals surface area contributed by atoms with Crippen LogP contribution in [0.5, 0.6) is 0 Å². The van der Waals surface area contributed by atoms with Gasteiger partial charge in [0.05, 0.1) is 29.3 Å². The molecule has 0 aliphatic heterocycles. The van der Waals surface area contributed by atoms with Crippen LogP contribution in [0.4, 0.5) is 11.4 Å². The summed E-state index contributed by atoms with van der Waals surface area (Å²) in [4.78, 5) is 12.7. The molecular formula is C23H27NO5S. The van der Waals surface area contributed by atoms with Gasteiger partial charge in [-0.1, -0.05) is 30.0 Å². The number of para-hydroxylation sites is 1. The molecule has 0 spiro atoms. The molecule has 0 aromatic heterocycles. The highest BCUT2D eigenvalue weighted by atomic mass is 32.2. The van der Waals surface area contributed by atoms with E-state index >= 15 is 0 Å². The lowest BCUT2D eigenvalue weighted by molar-refractivity contribution is 0.00694. The molecule has 0 saturated carbocycles. The molecule has 160 valence electrons. The number of hydrogen-bond acceptors (Lipinski definition) is 5. The number of benzene rings is 2. The number of carbonyl (C=O) groups is 1. The van der Waals surface area contributed by atoms with E-state index in [4.69, 9.17) is 4.74 Å². The van der Waals surface area contributed by atoms with E-state index in [0.29, 0.717) is 11.3 Å². The van der Waals surface area contributed by atoms with E-state index in [9.17, 15) is 18.3 Å². The van der Waals surface area contributed by atoms with E-state index in [1.807, 2.05) is 0 Å². The van der Waals surface area contributed by atoms with Gasteiger partial charge in [0.1, 0.15) is 5.60 Å². The van der Waals surface area contributed by atoms with E-state index in [0.717, 1.165) is 10.6 Å². The fourth-order valence-electron chi connectivity index (χ4n) is 2.65. The van der Waals surface area contributed by atoms with Gasteiger partial charge in [-0.2, -0.15) is 0 Å². The molecule has 0 heterocycles. The molecule has 0 amide bonds. The fourth-order valence-corrected chi connectivity index (χ4v) is 3.64. The molecule has 2 aromatic rings. The van der Waals surface area contributed by atoms with Crippen LogP contribution in [0.15, 0.2) is 48.5 Å². The maximum Gasteiger partial charge on any atom is 0.338 e. The number of hydrogen-bond donors (Lipinski definition) is 1. The Morgan fingerprint density at radius 2 is 1.77 bits per heavy atom. The summed E-state index contributed by atoms with van der Waals surface area (Å²) < 4.78 is 31.8. The minimum absolute atomic E-state index is 0.188. The van der Waals surface area contributed by atoms with Crippen LogP contribution in [0.25, 0.3) is 0 Å². The van der Waals surface area contributed by atoms with Crippen LogP contribution in [0.3, 0.4) is 0 Å². The molecule has 1 unspecified atom stereocenters. The molecule has 6 nitrogen and oxygen atoms in total. The smallest absolute Gasteiger partial charge is 0.338 e. The fraction of sp³-hybridized carbons (Fsp3) is 0.348. The summed E-state index contributed by atoms with van der Waals surface area (Å²) in [6, 6.07) is 13.2. The van der Waals surface area contributed by atoms with Crippen molar-refractivity contribution >= 4 is 27.4 Å². The Bertz CT molecular complexity index is 1060. The molecule has 0 radical (unpaired) electrons. The second-order valence-corrected chi connectivity index (χ2v) is 9.82. The third kappa shape index (κ3) is 6.90. The first-order chi connectivity index (χ1) is 13.9. The Kier molecular flexibility index (Phi) is 7.30. The molecule has 0 aliphatic rings. The quantitative estimate of drug-likeness (QED) is 0.576. The monoisotopic (exact) mass is 429 g/mol. The van der Waals surface area contributed by atoms with Crippen molar-refractivity contribution in [2.45, 2.75) is 45.8 Å². The van der Waals surface area contributed by atoms with E-state index in [1.54, 1.807) is 70.2 Å². The van der Waals surface area contributed by atoms with E-state index in [1.165, 1.54) is 6.07 Å². The first-order valence-electron chi connectivity index (χ1n) is 9.47. The number of esters is 1. The Labute approximate surface area is 178 Å². The summed E-state index contributed by atoms with van der Waals surface area (Å²) in [5, 5.41) is 9.43. The van der Waals surface area contributed by atoms with Gasteiger partial charge in [-0.25, -0.2) is 17.5 Å². The lowest BCUT2D eigenvalue weighted by atomic mass is 10.1. The van der Waals surface area contributed by atoms with Crippen LogP contribution >= 0.6 is 0 Å². The molecule has 7 heteroatoms. The number of rotatable bonds is 5. The number of ether oxygens (including phenoxy) is 1. The predicted molar refractivity (Wildman–Crippen MR) is 118 cm³/mol. The zero-order chi connectivity index (χ0) is 22.5. The number of anilines is 2. The highest BCUT2D eigenvalue weighted by Crippen LogP contribution is 2.30. The maximum atomic E-state index is 12.7. The number of sulfonamides is 1. The van der Waals surface area contributed by atoms with E-state index in [2.05, 4.69) is 11.8 Å². The van der Waals surface area contributed by atoms with Crippen LogP contribution < -0.4 is 4.31 Å². The van der Waals surface area contributed by atoms with E-state index < -0.39 is 27.7 Å². The topological polar surface area (TPSA) is 83.9 Å². The van der Waals surface area contributed by atoms with Gasteiger partial charge < -0.3 is 9.84 Å². The highest BCUT2D eigenvalue weighted by Gasteiger charge is 2.24. The van der Waals surface area contributed by atoms with Crippen molar-refractivity contribution in [2.24, 2.45) is 0 Å².